The monoisotopic (exact) mass is 375 g/mol. The number of nitrogens with zero attached hydrogens (tertiary/aromatic N) is 1. The number of aryl methyl sites for hydroxylation is 1. The van der Waals surface area contributed by atoms with E-state index in [2.05, 4.69) is 0 Å². The minimum absolute atomic E-state index is 0.0628. The topological polar surface area (TPSA) is 54.5 Å². The number of ketones is 1. The van der Waals surface area contributed by atoms with Crippen LogP contribution in [0.5, 0.6) is 0 Å². The molecule has 2 aromatic carbocycles. The predicted octanol–water partition coefficient (Wildman–Crippen LogP) is 3.68. The molecule has 4 nitrogen and oxygen atoms in total. The fourth-order valence-electron chi connectivity index (χ4n) is 2.93. The Morgan fingerprint density at radius 2 is 1.96 bits per heavy atom. The van der Waals surface area contributed by atoms with E-state index in [1.807, 2.05) is 37.3 Å². The first-order valence-corrected chi connectivity index (χ1v) is 10.9. The van der Waals surface area contributed by atoms with E-state index in [1.165, 1.54) is 16.1 Å². The molecule has 1 heterocycles. The van der Waals surface area contributed by atoms with Crippen LogP contribution < -0.4 is 4.31 Å². The van der Waals surface area contributed by atoms with Crippen LogP contribution in [0.3, 0.4) is 0 Å². The van der Waals surface area contributed by atoms with Gasteiger partial charge in [0.1, 0.15) is 0 Å². The van der Waals surface area contributed by atoms with Crippen LogP contribution in [0.25, 0.3) is 0 Å². The van der Waals surface area contributed by atoms with Crippen molar-refractivity contribution in [2.24, 2.45) is 0 Å². The van der Waals surface area contributed by atoms with Crippen LogP contribution in [0.2, 0.25) is 0 Å². The van der Waals surface area contributed by atoms with E-state index >= 15 is 0 Å². The van der Waals surface area contributed by atoms with Crippen LogP contribution in [0.1, 0.15) is 28.4 Å². The Morgan fingerprint density at radius 1 is 1.20 bits per heavy atom. The lowest BCUT2D eigenvalue weighted by Gasteiger charge is -2.18. The number of rotatable bonds is 6. The van der Waals surface area contributed by atoms with Gasteiger partial charge in [0.25, 0.3) is 0 Å². The molecule has 1 aliphatic heterocycles. The number of anilines is 1. The molecule has 2 aromatic rings. The standard InChI is InChI=1S/C19H21NO3S2/c1-3-25(22,23)20-11-10-15-12-16(8-9-17(15)20)18(21)13-24-19-7-5-4-6-14(19)2/h4-9,12H,3,10-11,13H2,1-2H3. The summed E-state index contributed by atoms with van der Waals surface area (Å²) in [7, 11) is -3.25. The minimum Gasteiger partial charge on any atom is -0.293 e. The minimum atomic E-state index is -3.25. The third-order valence-electron chi connectivity index (χ3n) is 4.41. The van der Waals surface area contributed by atoms with E-state index in [0.29, 0.717) is 30.0 Å². The highest BCUT2D eigenvalue weighted by Gasteiger charge is 2.28. The third kappa shape index (κ3) is 3.75. The van der Waals surface area contributed by atoms with Gasteiger partial charge in [-0.3, -0.25) is 9.10 Å². The Balaban J connectivity index is 1.75. The van der Waals surface area contributed by atoms with E-state index in [4.69, 9.17) is 0 Å². The average Bonchev–Trinajstić information content (AvgIpc) is 3.04. The molecule has 0 amide bonds. The zero-order valence-corrected chi connectivity index (χ0v) is 16.0. The second-order valence-electron chi connectivity index (χ2n) is 6.04. The van der Waals surface area contributed by atoms with Gasteiger partial charge in [0.05, 0.1) is 17.2 Å². The Labute approximate surface area is 153 Å². The van der Waals surface area contributed by atoms with Crippen LogP contribution in [0, 0.1) is 6.92 Å². The predicted molar refractivity (Wildman–Crippen MR) is 103 cm³/mol. The van der Waals surface area contributed by atoms with Gasteiger partial charge in [-0.1, -0.05) is 18.2 Å². The molecular weight excluding hydrogens is 354 g/mol. The van der Waals surface area contributed by atoms with Crippen LogP contribution in [-0.2, 0) is 16.4 Å². The summed E-state index contributed by atoms with van der Waals surface area (Å²) in [4.78, 5) is 13.6. The van der Waals surface area contributed by atoms with Gasteiger partial charge in [0.2, 0.25) is 10.0 Å². The van der Waals surface area contributed by atoms with Crippen molar-refractivity contribution >= 4 is 33.3 Å². The number of carbonyl (C=O) groups is 1. The fraction of sp³-hybridized carbons (Fsp3) is 0.316. The lowest BCUT2D eigenvalue weighted by atomic mass is 10.1. The summed E-state index contributed by atoms with van der Waals surface area (Å²) in [5.41, 5.74) is 3.46. The Bertz CT molecular complexity index is 907. The summed E-state index contributed by atoms with van der Waals surface area (Å²) >= 11 is 1.54. The molecule has 0 saturated heterocycles. The third-order valence-corrected chi connectivity index (χ3v) is 7.36. The number of hydrogen-bond acceptors (Lipinski definition) is 4. The van der Waals surface area contributed by atoms with E-state index in [0.717, 1.165) is 16.0 Å². The lowest BCUT2D eigenvalue weighted by molar-refractivity contribution is 0.102. The van der Waals surface area contributed by atoms with Crippen LogP contribution in [-0.4, -0.2) is 32.3 Å². The summed E-state index contributed by atoms with van der Waals surface area (Å²) < 4.78 is 25.7. The van der Waals surface area contributed by atoms with Crippen molar-refractivity contribution in [2.75, 3.05) is 22.4 Å². The first-order valence-electron chi connectivity index (χ1n) is 8.27. The molecule has 132 valence electrons. The summed E-state index contributed by atoms with van der Waals surface area (Å²) in [6.45, 7) is 4.14. The van der Waals surface area contributed by atoms with Gasteiger partial charge >= 0.3 is 0 Å². The number of thioether (sulfide) groups is 1. The van der Waals surface area contributed by atoms with E-state index < -0.39 is 10.0 Å². The van der Waals surface area contributed by atoms with E-state index in [9.17, 15) is 13.2 Å². The van der Waals surface area contributed by atoms with Crippen molar-refractivity contribution in [2.45, 2.75) is 25.2 Å². The highest BCUT2D eigenvalue weighted by Crippen LogP contribution is 2.32. The van der Waals surface area contributed by atoms with Gasteiger partial charge in [0.15, 0.2) is 5.78 Å². The molecule has 0 fully saturated rings. The van der Waals surface area contributed by atoms with Gasteiger partial charge < -0.3 is 0 Å². The smallest absolute Gasteiger partial charge is 0.234 e. The summed E-state index contributed by atoms with van der Waals surface area (Å²) in [5.74, 6) is 0.522. The fourth-order valence-corrected chi connectivity index (χ4v) is 5.02. The lowest BCUT2D eigenvalue weighted by Crippen LogP contribution is -2.30. The molecule has 1 aliphatic rings. The van der Waals surface area contributed by atoms with Gasteiger partial charge in [-0.25, -0.2) is 8.42 Å². The average molecular weight is 376 g/mol. The van der Waals surface area contributed by atoms with Crippen molar-refractivity contribution in [3.63, 3.8) is 0 Å². The summed E-state index contributed by atoms with van der Waals surface area (Å²) in [6, 6.07) is 13.4. The first kappa shape index (κ1) is 18.0. The van der Waals surface area contributed by atoms with Crippen molar-refractivity contribution in [3.8, 4) is 0 Å². The second-order valence-corrected chi connectivity index (χ2v) is 9.24. The maximum Gasteiger partial charge on any atom is 0.234 e. The number of carbonyl (C=O) groups excluding carboxylic acids is 1. The Morgan fingerprint density at radius 3 is 2.68 bits per heavy atom. The largest absolute Gasteiger partial charge is 0.293 e. The van der Waals surface area contributed by atoms with Crippen LogP contribution in [0.15, 0.2) is 47.4 Å². The van der Waals surface area contributed by atoms with Gasteiger partial charge in [-0.2, -0.15) is 0 Å². The molecule has 0 N–H and O–H groups in total. The highest BCUT2D eigenvalue weighted by atomic mass is 32.2. The zero-order valence-electron chi connectivity index (χ0n) is 14.4. The molecule has 3 rings (SSSR count). The Hall–Kier alpha value is -1.79. The molecular formula is C19H21NO3S2. The molecule has 6 heteroatoms. The summed E-state index contributed by atoms with van der Waals surface area (Å²) in [6.07, 6.45) is 0.653. The van der Waals surface area contributed by atoms with Gasteiger partial charge in [-0.05, 0) is 55.7 Å². The maximum atomic E-state index is 12.5. The molecule has 0 aromatic heterocycles. The molecule has 0 bridgehead atoms. The Kier molecular flexibility index (Phi) is 5.20. The maximum absolute atomic E-state index is 12.5. The summed E-state index contributed by atoms with van der Waals surface area (Å²) in [5, 5.41) is 0. The second kappa shape index (κ2) is 7.22. The molecule has 0 aliphatic carbocycles. The zero-order chi connectivity index (χ0) is 18.0. The number of hydrogen-bond donors (Lipinski definition) is 0. The van der Waals surface area contributed by atoms with Crippen molar-refractivity contribution in [3.05, 3.63) is 59.2 Å². The molecule has 0 radical (unpaired) electrons. The van der Waals surface area contributed by atoms with Crippen LogP contribution in [0.4, 0.5) is 5.69 Å². The highest BCUT2D eigenvalue weighted by molar-refractivity contribution is 8.00. The molecule has 0 saturated carbocycles. The number of sulfonamides is 1. The van der Waals surface area contributed by atoms with Crippen molar-refractivity contribution in [1.82, 2.24) is 0 Å². The number of benzene rings is 2. The van der Waals surface area contributed by atoms with E-state index in [-0.39, 0.29) is 11.5 Å². The number of Topliss-reactive ketones (excluding diaryl/α,β-unsaturated/α-hetero) is 1. The van der Waals surface area contributed by atoms with Crippen molar-refractivity contribution in [1.29, 1.82) is 0 Å². The molecule has 0 unspecified atom stereocenters. The molecule has 25 heavy (non-hydrogen) atoms. The molecule has 0 atom stereocenters. The quantitative estimate of drug-likeness (QED) is 0.571. The number of fused-ring (bicyclic) bond motifs is 1. The van der Waals surface area contributed by atoms with Gasteiger partial charge in [-0.15, -0.1) is 11.8 Å². The first-order chi connectivity index (χ1) is 11.9. The van der Waals surface area contributed by atoms with Gasteiger partial charge in [0, 0.05) is 17.0 Å². The molecule has 0 spiro atoms. The van der Waals surface area contributed by atoms with Crippen molar-refractivity contribution < 1.29 is 13.2 Å². The van der Waals surface area contributed by atoms with Crippen LogP contribution >= 0.6 is 11.8 Å². The normalized spacial score (nSPS) is 13.8. The van der Waals surface area contributed by atoms with E-state index in [1.54, 1.807) is 19.1 Å². The SMILES string of the molecule is CCS(=O)(=O)N1CCc2cc(C(=O)CSc3ccccc3C)ccc21.